The maximum atomic E-state index is 8.75. The van der Waals surface area contributed by atoms with Crippen LogP contribution in [-0.2, 0) is 11.3 Å². The van der Waals surface area contributed by atoms with Crippen LogP contribution in [0, 0.1) is 11.3 Å². The lowest BCUT2D eigenvalue weighted by molar-refractivity contribution is 0.0776. The highest BCUT2D eigenvalue weighted by Gasteiger charge is 2.13. The molecule has 2 rings (SSSR count). The van der Waals surface area contributed by atoms with Gasteiger partial charge in [-0.1, -0.05) is 17.7 Å². The van der Waals surface area contributed by atoms with Crippen LogP contribution >= 0.6 is 11.6 Å². The molecule has 1 saturated heterocycles. The Kier molecular flexibility index (Phi) is 4.38. The average Bonchev–Trinajstić information content (AvgIpc) is 2.38. The highest BCUT2D eigenvalue weighted by atomic mass is 35.5. The third-order valence-electron chi connectivity index (χ3n) is 2.98. The third-order valence-corrected chi connectivity index (χ3v) is 3.34. The van der Waals surface area contributed by atoms with Crippen molar-refractivity contribution >= 4 is 11.6 Å². The van der Waals surface area contributed by atoms with Gasteiger partial charge < -0.3 is 10.1 Å². The van der Waals surface area contributed by atoms with E-state index in [4.69, 9.17) is 21.6 Å². The fourth-order valence-corrected chi connectivity index (χ4v) is 2.16. The van der Waals surface area contributed by atoms with Crippen molar-refractivity contribution < 1.29 is 4.74 Å². The first-order valence-corrected chi connectivity index (χ1v) is 6.17. The number of halogens is 1. The van der Waals surface area contributed by atoms with Crippen LogP contribution in [0.2, 0.25) is 5.02 Å². The summed E-state index contributed by atoms with van der Waals surface area (Å²) >= 11 is 6.11. The molecular weight excluding hydrogens is 236 g/mol. The van der Waals surface area contributed by atoms with E-state index in [9.17, 15) is 0 Å². The zero-order valence-corrected chi connectivity index (χ0v) is 10.3. The van der Waals surface area contributed by atoms with E-state index < -0.39 is 0 Å². The van der Waals surface area contributed by atoms with E-state index in [1.807, 2.05) is 6.07 Å². The maximum absolute atomic E-state index is 8.75. The first-order valence-electron chi connectivity index (χ1n) is 5.79. The van der Waals surface area contributed by atoms with Gasteiger partial charge in [0.1, 0.15) is 0 Å². The van der Waals surface area contributed by atoms with E-state index in [1.54, 1.807) is 12.1 Å². The van der Waals surface area contributed by atoms with Crippen LogP contribution in [-0.4, -0.2) is 19.3 Å². The smallest absolute Gasteiger partial charge is 0.0992 e. The van der Waals surface area contributed by atoms with Gasteiger partial charge in [0.2, 0.25) is 0 Å². The van der Waals surface area contributed by atoms with Crippen molar-refractivity contribution in [1.29, 1.82) is 5.26 Å². The van der Waals surface area contributed by atoms with Crippen LogP contribution < -0.4 is 5.32 Å². The highest BCUT2D eigenvalue weighted by Crippen LogP contribution is 2.18. The second-order valence-electron chi connectivity index (χ2n) is 4.19. The van der Waals surface area contributed by atoms with Crippen LogP contribution in [0.3, 0.4) is 0 Å². The van der Waals surface area contributed by atoms with Gasteiger partial charge in [-0.3, -0.25) is 0 Å². The maximum Gasteiger partial charge on any atom is 0.0992 e. The molecule has 0 atom stereocenters. The summed E-state index contributed by atoms with van der Waals surface area (Å²) in [6.45, 7) is 2.41. The van der Waals surface area contributed by atoms with Gasteiger partial charge in [-0.05, 0) is 30.5 Å². The molecule has 0 aliphatic carbocycles. The average molecular weight is 251 g/mol. The lowest BCUT2D eigenvalue weighted by atomic mass is 10.1. The summed E-state index contributed by atoms with van der Waals surface area (Å²) in [5, 5.41) is 12.9. The van der Waals surface area contributed by atoms with Gasteiger partial charge in [-0.15, -0.1) is 0 Å². The fraction of sp³-hybridized carbons (Fsp3) is 0.462. The van der Waals surface area contributed by atoms with Gasteiger partial charge in [0, 0.05) is 30.8 Å². The van der Waals surface area contributed by atoms with Gasteiger partial charge in [0.15, 0.2) is 0 Å². The monoisotopic (exact) mass is 250 g/mol. The summed E-state index contributed by atoms with van der Waals surface area (Å²) in [6, 6.07) is 8.01. The zero-order chi connectivity index (χ0) is 12.1. The Morgan fingerprint density at radius 3 is 2.82 bits per heavy atom. The van der Waals surface area contributed by atoms with Crippen LogP contribution in [0.4, 0.5) is 0 Å². The Hall–Kier alpha value is -1.08. The molecule has 0 radical (unpaired) electrons. The predicted octanol–water partition coefficient (Wildman–Crippen LogP) is 2.48. The number of nitrogens with zero attached hydrogens (tertiary/aromatic N) is 1. The molecule has 1 fully saturated rings. The molecule has 1 N–H and O–H groups in total. The summed E-state index contributed by atoms with van der Waals surface area (Å²) in [5.41, 5.74) is 1.64. The molecule has 90 valence electrons. The molecule has 3 nitrogen and oxygen atoms in total. The zero-order valence-electron chi connectivity index (χ0n) is 9.58. The second-order valence-corrected chi connectivity index (χ2v) is 4.59. The topological polar surface area (TPSA) is 45.0 Å². The van der Waals surface area contributed by atoms with Crippen molar-refractivity contribution in [2.75, 3.05) is 13.2 Å². The number of nitrogens with one attached hydrogen (secondary N) is 1. The largest absolute Gasteiger partial charge is 0.381 e. The Balaban J connectivity index is 1.92. The minimum Gasteiger partial charge on any atom is -0.381 e. The molecule has 4 heteroatoms. The molecule has 0 spiro atoms. The quantitative estimate of drug-likeness (QED) is 0.897. The predicted molar refractivity (Wildman–Crippen MR) is 66.8 cm³/mol. The Morgan fingerprint density at radius 1 is 1.41 bits per heavy atom. The van der Waals surface area contributed by atoms with Crippen LogP contribution in [0.5, 0.6) is 0 Å². The third kappa shape index (κ3) is 3.44. The summed E-state index contributed by atoms with van der Waals surface area (Å²) in [5.74, 6) is 0. The summed E-state index contributed by atoms with van der Waals surface area (Å²) in [7, 11) is 0. The van der Waals surface area contributed by atoms with Crippen molar-refractivity contribution in [1.82, 2.24) is 5.32 Å². The molecule has 0 bridgehead atoms. The standard InChI is InChI=1S/C13H15ClN2O/c14-13-7-10(8-15)1-2-11(13)9-16-12-3-5-17-6-4-12/h1-2,7,12,16H,3-6,9H2. The molecule has 1 aliphatic heterocycles. The molecule has 0 saturated carbocycles. The number of benzene rings is 1. The minimum absolute atomic E-state index is 0.510. The molecule has 0 amide bonds. The Labute approximate surface area is 106 Å². The molecule has 1 aromatic rings. The number of nitriles is 1. The van der Waals surface area contributed by atoms with Gasteiger partial charge in [0.25, 0.3) is 0 Å². The van der Waals surface area contributed by atoms with Gasteiger partial charge in [-0.2, -0.15) is 5.26 Å². The van der Waals surface area contributed by atoms with E-state index in [1.165, 1.54) is 0 Å². The van der Waals surface area contributed by atoms with Crippen molar-refractivity contribution in [3.8, 4) is 6.07 Å². The molecule has 1 aromatic carbocycles. The van der Waals surface area contributed by atoms with Crippen LogP contribution in [0.15, 0.2) is 18.2 Å². The van der Waals surface area contributed by atoms with E-state index in [2.05, 4.69) is 11.4 Å². The first kappa shape index (κ1) is 12.4. The van der Waals surface area contributed by atoms with Crippen molar-refractivity contribution in [2.24, 2.45) is 0 Å². The van der Waals surface area contributed by atoms with Crippen LogP contribution in [0.1, 0.15) is 24.0 Å². The van der Waals surface area contributed by atoms with Crippen molar-refractivity contribution in [3.63, 3.8) is 0 Å². The molecule has 0 unspecified atom stereocenters. The SMILES string of the molecule is N#Cc1ccc(CNC2CCOCC2)c(Cl)c1. The number of rotatable bonds is 3. The van der Waals surface area contributed by atoms with Gasteiger partial charge in [0.05, 0.1) is 11.6 Å². The summed E-state index contributed by atoms with van der Waals surface area (Å²) in [4.78, 5) is 0. The molecule has 1 heterocycles. The minimum atomic E-state index is 0.510. The van der Waals surface area contributed by atoms with E-state index >= 15 is 0 Å². The second kappa shape index (κ2) is 6.02. The van der Waals surface area contributed by atoms with Crippen molar-refractivity contribution in [2.45, 2.75) is 25.4 Å². The Bertz CT molecular complexity index is 422. The van der Waals surface area contributed by atoms with Crippen LogP contribution in [0.25, 0.3) is 0 Å². The fourth-order valence-electron chi connectivity index (χ4n) is 1.92. The van der Waals surface area contributed by atoms with Gasteiger partial charge >= 0.3 is 0 Å². The lowest BCUT2D eigenvalue weighted by Gasteiger charge is -2.23. The van der Waals surface area contributed by atoms with E-state index in [0.29, 0.717) is 16.6 Å². The van der Waals surface area contributed by atoms with Gasteiger partial charge in [-0.25, -0.2) is 0 Å². The van der Waals surface area contributed by atoms with E-state index in [-0.39, 0.29) is 0 Å². The number of ether oxygens (including phenoxy) is 1. The normalized spacial score (nSPS) is 16.7. The highest BCUT2D eigenvalue weighted by molar-refractivity contribution is 6.31. The number of hydrogen-bond donors (Lipinski definition) is 1. The summed E-state index contributed by atoms with van der Waals surface area (Å²) in [6.07, 6.45) is 2.10. The molecular formula is C13H15ClN2O. The first-order chi connectivity index (χ1) is 8.29. The lowest BCUT2D eigenvalue weighted by Crippen LogP contribution is -2.34. The van der Waals surface area contributed by atoms with Crippen molar-refractivity contribution in [3.05, 3.63) is 34.3 Å². The summed E-state index contributed by atoms with van der Waals surface area (Å²) < 4.78 is 5.30. The Morgan fingerprint density at radius 2 is 2.18 bits per heavy atom. The molecule has 0 aromatic heterocycles. The van der Waals surface area contributed by atoms with E-state index in [0.717, 1.165) is 38.2 Å². The molecule has 17 heavy (non-hydrogen) atoms. The molecule has 1 aliphatic rings. The number of hydrogen-bond acceptors (Lipinski definition) is 3.